The second kappa shape index (κ2) is 9.19. The number of nitrogens with zero attached hydrogens (tertiary/aromatic N) is 2. The average Bonchev–Trinajstić information content (AvgIpc) is 3.10. The van der Waals surface area contributed by atoms with Crippen LogP contribution in [0.4, 0.5) is 10.9 Å². The summed E-state index contributed by atoms with van der Waals surface area (Å²) in [5.41, 5.74) is 11.7. The van der Waals surface area contributed by atoms with E-state index in [1.54, 1.807) is 18.3 Å². The predicted octanol–water partition coefficient (Wildman–Crippen LogP) is 5.90. The molecule has 0 aliphatic carbocycles. The van der Waals surface area contributed by atoms with E-state index in [9.17, 15) is 4.79 Å². The molecule has 7 heteroatoms. The van der Waals surface area contributed by atoms with Gasteiger partial charge in [-0.1, -0.05) is 46.7 Å². The van der Waals surface area contributed by atoms with E-state index >= 15 is 0 Å². The lowest BCUT2D eigenvalue weighted by atomic mass is 10.0. The summed E-state index contributed by atoms with van der Waals surface area (Å²) in [5.74, 6) is 0.281. The molecule has 0 fully saturated rings. The second-order valence-corrected chi connectivity index (χ2v) is 7.89. The van der Waals surface area contributed by atoms with Gasteiger partial charge < -0.3 is 11.1 Å². The molecule has 0 unspecified atom stereocenters. The molecule has 0 bridgehead atoms. The van der Waals surface area contributed by atoms with Gasteiger partial charge in [-0.15, -0.1) is 17.0 Å². The number of benzene rings is 2. The quantitative estimate of drug-likeness (QED) is 0.380. The molecule has 0 atom stereocenters. The topological polar surface area (TPSA) is 80.9 Å². The predicted molar refractivity (Wildman–Crippen MR) is 129 cm³/mol. The van der Waals surface area contributed by atoms with Gasteiger partial charge in [-0.2, -0.15) is 0 Å². The third-order valence-corrected chi connectivity index (χ3v) is 5.37. The molecule has 0 radical (unpaired) electrons. The fourth-order valence-corrected chi connectivity index (χ4v) is 4.11. The third kappa shape index (κ3) is 4.75. The fourth-order valence-electron chi connectivity index (χ4n) is 3.26. The molecule has 0 saturated carbocycles. The number of thiazole rings is 1. The SMILES string of the molecule is Br.Cc1cc(C)cc(-c2nc(N)sc2-c2ccnc(NC(=O)c3ccccc3)c2)c1. The molecule has 1 amide bonds. The first kappa shape index (κ1) is 21.7. The van der Waals surface area contributed by atoms with Crippen LogP contribution in [0.2, 0.25) is 0 Å². The number of pyridine rings is 1. The van der Waals surface area contributed by atoms with Crippen molar-refractivity contribution in [3.05, 3.63) is 83.6 Å². The van der Waals surface area contributed by atoms with Crippen LogP contribution >= 0.6 is 28.3 Å². The van der Waals surface area contributed by atoms with Gasteiger partial charge in [0.2, 0.25) is 0 Å². The van der Waals surface area contributed by atoms with Crippen LogP contribution in [0.1, 0.15) is 21.5 Å². The highest BCUT2D eigenvalue weighted by Gasteiger charge is 2.16. The summed E-state index contributed by atoms with van der Waals surface area (Å²) in [6.07, 6.45) is 1.68. The number of carbonyl (C=O) groups is 1. The minimum absolute atomic E-state index is 0. The lowest BCUT2D eigenvalue weighted by Crippen LogP contribution is -2.12. The first-order valence-electron chi connectivity index (χ1n) is 9.17. The summed E-state index contributed by atoms with van der Waals surface area (Å²) >= 11 is 1.42. The van der Waals surface area contributed by atoms with Crippen LogP contribution in [0, 0.1) is 13.8 Å². The van der Waals surface area contributed by atoms with Gasteiger partial charge in [0.25, 0.3) is 5.91 Å². The van der Waals surface area contributed by atoms with Crippen LogP contribution in [0.25, 0.3) is 21.7 Å². The summed E-state index contributed by atoms with van der Waals surface area (Å²) in [6, 6.07) is 19.1. The van der Waals surface area contributed by atoms with Crippen molar-refractivity contribution in [2.75, 3.05) is 11.1 Å². The molecule has 2 heterocycles. The number of carbonyl (C=O) groups excluding carboxylic acids is 1. The molecule has 0 aliphatic rings. The van der Waals surface area contributed by atoms with E-state index in [1.165, 1.54) is 22.5 Å². The molecule has 2 aromatic carbocycles. The lowest BCUT2D eigenvalue weighted by Gasteiger charge is -2.08. The normalized spacial score (nSPS) is 10.3. The highest BCUT2D eigenvalue weighted by Crippen LogP contribution is 2.39. The molecule has 0 spiro atoms. The summed E-state index contributed by atoms with van der Waals surface area (Å²) in [4.78, 5) is 22.3. The van der Waals surface area contributed by atoms with Crippen molar-refractivity contribution in [1.82, 2.24) is 9.97 Å². The Bertz CT molecular complexity index is 1170. The van der Waals surface area contributed by atoms with Crippen molar-refractivity contribution in [2.45, 2.75) is 13.8 Å². The molecule has 2 aromatic heterocycles. The number of anilines is 2. The molecular formula is C23H21BrN4OS. The number of aryl methyl sites for hydroxylation is 2. The number of halogens is 1. The van der Waals surface area contributed by atoms with Crippen molar-refractivity contribution in [3.63, 3.8) is 0 Å². The number of rotatable bonds is 4. The van der Waals surface area contributed by atoms with Crippen LogP contribution in [0.3, 0.4) is 0 Å². The minimum Gasteiger partial charge on any atom is -0.375 e. The summed E-state index contributed by atoms with van der Waals surface area (Å²) in [7, 11) is 0. The number of nitrogen functional groups attached to an aromatic ring is 1. The largest absolute Gasteiger partial charge is 0.375 e. The molecule has 152 valence electrons. The van der Waals surface area contributed by atoms with Crippen LogP contribution < -0.4 is 11.1 Å². The van der Waals surface area contributed by atoms with Crippen molar-refractivity contribution < 1.29 is 4.79 Å². The first-order valence-corrected chi connectivity index (χ1v) is 9.99. The van der Waals surface area contributed by atoms with Gasteiger partial charge in [-0.25, -0.2) is 9.97 Å². The standard InChI is InChI=1S/C23H20N4OS.BrH/c1-14-10-15(2)12-18(11-14)20-21(29-23(24)27-20)17-8-9-25-19(13-17)26-22(28)16-6-4-3-5-7-16;/h3-13H,1-2H3,(H2,24,27)(H,25,26,28);1H. The molecule has 4 aromatic rings. The second-order valence-electron chi connectivity index (χ2n) is 6.86. The Kier molecular flexibility index (Phi) is 6.64. The summed E-state index contributed by atoms with van der Waals surface area (Å²) < 4.78 is 0. The zero-order valence-electron chi connectivity index (χ0n) is 16.5. The number of aromatic nitrogens is 2. The summed E-state index contributed by atoms with van der Waals surface area (Å²) in [5, 5.41) is 3.36. The van der Waals surface area contributed by atoms with E-state index in [0.29, 0.717) is 16.5 Å². The Morgan fingerprint density at radius 3 is 2.37 bits per heavy atom. The van der Waals surface area contributed by atoms with E-state index in [4.69, 9.17) is 5.73 Å². The molecular weight excluding hydrogens is 460 g/mol. The van der Waals surface area contributed by atoms with E-state index in [-0.39, 0.29) is 22.9 Å². The molecule has 3 N–H and O–H groups in total. The Balaban J connectivity index is 0.00000256. The highest BCUT2D eigenvalue weighted by molar-refractivity contribution is 8.93. The Morgan fingerprint density at radius 1 is 0.967 bits per heavy atom. The maximum Gasteiger partial charge on any atom is 0.256 e. The zero-order chi connectivity index (χ0) is 20.4. The molecule has 0 aliphatic heterocycles. The van der Waals surface area contributed by atoms with Crippen LogP contribution in [0.5, 0.6) is 0 Å². The van der Waals surface area contributed by atoms with Crippen molar-refractivity contribution >= 4 is 45.2 Å². The van der Waals surface area contributed by atoms with Crippen LogP contribution in [-0.4, -0.2) is 15.9 Å². The van der Waals surface area contributed by atoms with E-state index in [1.807, 2.05) is 30.3 Å². The Labute approximate surface area is 189 Å². The first-order chi connectivity index (χ1) is 14.0. The van der Waals surface area contributed by atoms with Crippen LogP contribution in [0.15, 0.2) is 66.9 Å². The number of nitrogens with two attached hydrogens (primary N) is 1. The van der Waals surface area contributed by atoms with Gasteiger partial charge in [0, 0.05) is 17.3 Å². The smallest absolute Gasteiger partial charge is 0.256 e. The summed E-state index contributed by atoms with van der Waals surface area (Å²) in [6.45, 7) is 4.13. The highest BCUT2D eigenvalue weighted by atomic mass is 79.9. The van der Waals surface area contributed by atoms with Crippen molar-refractivity contribution in [3.8, 4) is 21.7 Å². The van der Waals surface area contributed by atoms with Crippen LogP contribution in [-0.2, 0) is 0 Å². The monoisotopic (exact) mass is 480 g/mol. The van der Waals surface area contributed by atoms with Gasteiger partial charge >= 0.3 is 0 Å². The maximum absolute atomic E-state index is 12.4. The molecule has 0 saturated heterocycles. The number of hydrogen-bond acceptors (Lipinski definition) is 5. The zero-order valence-corrected chi connectivity index (χ0v) is 19.1. The van der Waals surface area contributed by atoms with E-state index in [2.05, 4.69) is 47.3 Å². The average molecular weight is 481 g/mol. The van der Waals surface area contributed by atoms with E-state index < -0.39 is 0 Å². The van der Waals surface area contributed by atoms with Gasteiger partial charge in [0.15, 0.2) is 5.13 Å². The number of hydrogen-bond donors (Lipinski definition) is 2. The van der Waals surface area contributed by atoms with Gasteiger partial charge in [-0.3, -0.25) is 4.79 Å². The Morgan fingerprint density at radius 2 is 1.67 bits per heavy atom. The van der Waals surface area contributed by atoms with Gasteiger partial charge in [0.1, 0.15) is 5.82 Å². The molecule has 5 nitrogen and oxygen atoms in total. The molecule has 4 rings (SSSR count). The van der Waals surface area contributed by atoms with Gasteiger partial charge in [-0.05, 0) is 55.8 Å². The Hall–Kier alpha value is -3.03. The minimum atomic E-state index is -0.200. The lowest BCUT2D eigenvalue weighted by molar-refractivity contribution is 0.102. The number of amides is 1. The van der Waals surface area contributed by atoms with Crippen molar-refractivity contribution in [1.29, 1.82) is 0 Å². The van der Waals surface area contributed by atoms with E-state index in [0.717, 1.165) is 21.7 Å². The third-order valence-electron chi connectivity index (χ3n) is 4.44. The molecule has 30 heavy (non-hydrogen) atoms. The van der Waals surface area contributed by atoms with Gasteiger partial charge in [0.05, 0.1) is 10.6 Å². The fraction of sp³-hybridized carbons (Fsp3) is 0.0870. The number of nitrogens with one attached hydrogen (secondary N) is 1. The maximum atomic E-state index is 12.4. The van der Waals surface area contributed by atoms with Crippen molar-refractivity contribution in [2.24, 2.45) is 0 Å².